The van der Waals surface area contributed by atoms with Crippen LogP contribution in [0.25, 0.3) is 0 Å². The van der Waals surface area contributed by atoms with Crippen LogP contribution in [-0.4, -0.2) is 59.2 Å². The number of imide groups is 1. The van der Waals surface area contributed by atoms with Crippen LogP contribution in [0, 0.1) is 13.8 Å². The van der Waals surface area contributed by atoms with E-state index in [0.29, 0.717) is 17.9 Å². The monoisotopic (exact) mass is 536 g/mol. The highest BCUT2D eigenvalue weighted by atomic mass is 16.5. The Morgan fingerprint density at radius 3 is 2.20 bits per heavy atom. The number of hydrogen-bond donors (Lipinski definition) is 0. The molecule has 202 valence electrons. The summed E-state index contributed by atoms with van der Waals surface area (Å²) in [4.78, 5) is 41.3. The zero-order valence-electron chi connectivity index (χ0n) is 22.4. The minimum Gasteiger partial charge on any atom is -0.497 e. The van der Waals surface area contributed by atoms with Crippen molar-refractivity contribution in [1.82, 2.24) is 10.0 Å². The van der Waals surface area contributed by atoms with Gasteiger partial charge in [0.05, 0.1) is 24.6 Å². The molecule has 3 amide bonds. The van der Waals surface area contributed by atoms with Crippen LogP contribution in [-0.2, 0) is 14.4 Å². The molecule has 1 fully saturated rings. The molecule has 3 atom stereocenters. The average Bonchev–Trinajstić information content (AvgIpc) is 3.65. The molecule has 0 N–H and O–H groups in total. The molecule has 10 heteroatoms. The summed E-state index contributed by atoms with van der Waals surface area (Å²) in [7, 11) is 1.60. The van der Waals surface area contributed by atoms with Crippen molar-refractivity contribution in [2.75, 3.05) is 18.6 Å². The van der Waals surface area contributed by atoms with Crippen LogP contribution in [0.1, 0.15) is 34.7 Å². The fourth-order valence-corrected chi connectivity index (χ4v) is 5.26. The van der Waals surface area contributed by atoms with Crippen molar-refractivity contribution >= 4 is 29.1 Å². The largest absolute Gasteiger partial charge is 0.497 e. The SMILES string of the molecule is COc1ccc([C@@H]2CC(c3ccc(C)cc3)=NN2C(=O)CN2N=N[C@H]3C(=O)N(c4ccc(C)cc4)C(=O)[C@H]32)cc1. The molecule has 3 aromatic carbocycles. The van der Waals surface area contributed by atoms with Crippen molar-refractivity contribution in [3.8, 4) is 5.75 Å². The number of fused-ring (bicyclic) bond motifs is 1. The second-order valence-corrected chi connectivity index (χ2v) is 10.2. The number of carbonyl (C=O) groups excluding carboxylic acids is 3. The Balaban J connectivity index is 1.26. The summed E-state index contributed by atoms with van der Waals surface area (Å²) < 4.78 is 5.30. The summed E-state index contributed by atoms with van der Waals surface area (Å²) in [5.41, 5.74) is 5.24. The molecular formula is C30H28N6O4. The lowest BCUT2D eigenvalue weighted by molar-refractivity contribution is -0.135. The first kappa shape index (κ1) is 25.4. The van der Waals surface area contributed by atoms with Crippen molar-refractivity contribution in [3.05, 3.63) is 95.1 Å². The van der Waals surface area contributed by atoms with Gasteiger partial charge >= 0.3 is 0 Å². The van der Waals surface area contributed by atoms with Gasteiger partial charge in [0.1, 0.15) is 12.3 Å². The van der Waals surface area contributed by atoms with Crippen LogP contribution in [0.5, 0.6) is 5.75 Å². The Kier molecular flexibility index (Phi) is 6.37. The molecule has 6 rings (SSSR count). The van der Waals surface area contributed by atoms with Crippen LogP contribution in [0.15, 0.2) is 88.2 Å². The van der Waals surface area contributed by atoms with Crippen molar-refractivity contribution in [3.63, 3.8) is 0 Å². The minimum atomic E-state index is -0.982. The molecule has 0 aromatic heterocycles. The first-order chi connectivity index (χ1) is 19.3. The maximum atomic E-state index is 13.7. The lowest BCUT2D eigenvalue weighted by Gasteiger charge is -2.25. The van der Waals surface area contributed by atoms with Crippen molar-refractivity contribution in [2.24, 2.45) is 15.4 Å². The third kappa shape index (κ3) is 4.41. The zero-order valence-corrected chi connectivity index (χ0v) is 22.4. The zero-order chi connectivity index (χ0) is 28.0. The van der Waals surface area contributed by atoms with E-state index in [-0.39, 0.29) is 18.5 Å². The Hall–Kier alpha value is -4.86. The van der Waals surface area contributed by atoms with E-state index in [0.717, 1.165) is 32.9 Å². The number of hydrogen-bond acceptors (Lipinski definition) is 8. The predicted octanol–water partition coefficient (Wildman–Crippen LogP) is 3.98. The van der Waals surface area contributed by atoms with Crippen LogP contribution < -0.4 is 9.64 Å². The van der Waals surface area contributed by atoms with Gasteiger partial charge in [-0.3, -0.25) is 19.4 Å². The van der Waals surface area contributed by atoms with E-state index in [1.54, 1.807) is 19.2 Å². The van der Waals surface area contributed by atoms with Gasteiger partial charge in [0.15, 0.2) is 12.1 Å². The molecule has 0 spiro atoms. The fraction of sp³-hybridized carbons (Fsp3) is 0.267. The number of nitrogens with zero attached hydrogens (tertiary/aromatic N) is 6. The Morgan fingerprint density at radius 2 is 1.55 bits per heavy atom. The van der Waals surface area contributed by atoms with E-state index in [4.69, 9.17) is 9.84 Å². The van der Waals surface area contributed by atoms with Crippen LogP contribution in [0.2, 0.25) is 0 Å². The Morgan fingerprint density at radius 1 is 0.900 bits per heavy atom. The number of amides is 3. The first-order valence-electron chi connectivity index (χ1n) is 13.1. The minimum absolute atomic E-state index is 0.247. The third-order valence-electron chi connectivity index (χ3n) is 7.50. The number of carbonyl (C=O) groups is 3. The topological polar surface area (TPSA) is 107 Å². The number of methoxy groups -OCH3 is 1. The van der Waals surface area contributed by atoms with Gasteiger partial charge in [-0.25, -0.2) is 9.91 Å². The van der Waals surface area contributed by atoms with Gasteiger partial charge in [0.25, 0.3) is 17.7 Å². The Bertz CT molecular complexity index is 1530. The second kappa shape index (κ2) is 10.0. The van der Waals surface area contributed by atoms with E-state index in [1.165, 1.54) is 10.0 Å². The van der Waals surface area contributed by atoms with Gasteiger partial charge in [0, 0.05) is 6.42 Å². The highest BCUT2D eigenvalue weighted by Gasteiger charge is 2.55. The molecule has 0 unspecified atom stereocenters. The molecule has 3 heterocycles. The molecule has 1 saturated heterocycles. The van der Waals surface area contributed by atoms with Gasteiger partial charge in [-0.15, -0.1) is 0 Å². The molecular weight excluding hydrogens is 508 g/mol. The number of hydrazone groups is 1. The van der Waals surface area contributed by atoms with E-state index in [9.17, 15) is 14.4 Å². The second-order valence-electron chi connectivity index (χ2n) is 10.2. The molecule has 40 heavy (non-hydrogen) atoms. The van der Waals surface area contributed by atoms with Crippen molar-refractivity contribution in [2.45, 2.75) is 38.4 Å². The van der Waals surface area contributed by atoms with Crippen molar-refractivity contribution < 1.29 is 19.1 Å². The number of aryl methyl sites for hydroxylation is 2. The molecule has 0 saturated carbocycles. The number of anilines is 1. The molecule has 3 aromatic rings. The summed E-state index contributed by atoms with van der Waals surface area (Å²) in [5.74, 6) is -0.537. The lowest BCUT2D eigenvalue weighted by Crippen LogP contribution is -2.44. The smallest absolute Gasteiger partial charge is 0.264 e. The Labute approximate surface area is 231 Å². The molecule has 3 aliphatic rings. The molecule has 0 radical (unpaired) electrons. The van der Waals surface area contributed by atoms with Gasteiger partial charge in [-0.2, -0.15) is 10.2 Å². The van der Waals surface area contributed by atoms with Gasteiger partial charge in [-0.05, 0) is 49.2 Å². The van der Waals surface area contributed by atoms with Crippen molar-refractivity contribution in [1.29, 1.82) is 0 Å². The molecule has 3 aliphatic heterocycles. The molecule has 0 bridgehead atoms. The quantitative estimate of drug-likeness (QED) is 0.443. The number of ether oxygens (including phenoxy) is 1. The van der Waals surface area contributed by atoms with E-state index in [1.807, 2.05) is 74.5 Å². The highest BCUT2D eigenvalue weighted by Crippen LogP contribution is 2.36. The normalized spacial score (nSPS) is 21.7. The van der Waals surface area contributed by atoms with Gasteiger partial charge in [-0.1, -0.05) is 64.9 Å². The van der Waals surface area contributed by atoms with Gasteiger partial charge < -0.3 is 4.74 Å². The van der Waals surface area contributed by atoms with Crippen LogP contribution in [0.3, 0.4) is 0 Å². The van der Waals surface area contributed by atoms with Crippen LogP contribution >= 0.6 is 0 Å². The first-order valence-corrected chi connectivity index (χ1v) is 13.1. The van der Waals surface area contributed by atoms with E-state index < -0.39 is 23.9 Å². The third-order valence-corrected chi connectivity index (χ3v) is 7.50. The van der Waals surface area contributed by atoms with E-state index in [2.05, 4.69) is 10.3 Å². The molecule has 10 nitrogen and oxygen atoms in total. The summed E-state index contributed by atoms with van der Waals surface area (Å²) in [6.07, 6.45) is 0.521. The van der Waals surface area contributed by atoms with Gasteiger partial charge in [0.2, 0.25) is 0 Å². The number of benzene rings is 3. The number of rotatable bonds is 6. The summed E-state index contributed by atoms with van der Waals surface area (Å²) in [6.45, 7) is 3.70. The maximum Gasteiger partial charge on any atom is 0.264 e. The lowest BCUT2D eigenvalue weighted by atomic mass is 9.98. The summed E-state index contributed by atoms with van der Waals surface area (Å²) in [6, 6.07) is 20.4. The maximum absolute atomic E-state index is 13.7. The highest BCUT2D eigenvalue weighted by molar-refractivity contribution is 6.25. The standard InChI is InChI=1S/C30H28N6O4/c1-18-4-8-20(9-5-18)24-16-25(21-10-14-23(40-3)15-11-21)36(32-24)26(37)17-34-28-27(31-33-34)29(38)35(30(28)39)22-12-6-19(2)7-13-22/h4-15,25,27-28H,16-17H2,1-3H3/t25-,27+,28-/m0/s1. The fourth-order valence-electron chi connectivity index (χ4n) is 5.26. The van der Waals surface area contributed by atoms with Crippen LogP contribution in [0.4, 0.5) is 5.69 Å². The molecule has 0 aliphatic carbocycles. The summed E-state index contributed by atoms with van der Waals surface area (Å²) >= 11 is 0. The predicted molar refractivity (Wildman–Crippen MR) is 148 cm³/mol. The summed E-state index contributed by atoms with van der Waals surface area (Å²) in [5, 5.41) is 15.6. The van der Waals surface area contributed by atoms with E-state index >= 15 is 0 Å². The average molecular weight is 537 g/mol.